The Morgan fingerprint density at radius 2 is 2.30 bits per heavy atom. The van der Waals surface area contributed by atoms with E-state index in [0.29, 0.717) is 30.0 Å². The van der Waals surface area contributed by atoms with Crippen LogP contribution in [0.3, 0.4) is 0 Å². The predicted molar refractivity (Wildman–Crippen MR) is 73.1 cm³/mol. The molecule has 1 heterocycles. The van der Waals surface area contributed by atoms with Gasteiger partial charge in [0.15, 0.2) is 0 Å². The van der Waals surface area contributed by atoms with Crippen LogP contribution >= 0.6 is 0 Å². The molecule has 2 aromatic rings. The van der Waals surface area contributed by atoms with Gasteiger partial charge in [-0.15, -0.1) is 0 Å². The number of carbonyl (C=O) groups excluding carboxylic acids is 1. The zero-order chi connectivity index (χ0) is 14.5. The lowest BCUT2D eigenvalue weighted by Crippen LogP contribution is -2.20. The number of methoxy groups -OCH3 is 1. The van der Waals surface area contributed by atoms with E-state index >= 15 is 0 Å². The first-order valence-electron chi connectivity index (χ1n) is 6.24. The molecule has 0 aliphatic carbocycles. The van der Waals surface area contributed by atoms with Crippen LogP contribution in [0.25, 0.3) is 0 Å². The Hall–Kier alpha value is -2.37. The third-order valence-corrected chi connectivity index (χ3v) is 3.00. The van der Waals surface area contributed by atoms with E-state index in [4.69, 9.17) is 4.74 Å². The van der Waals surface area contributed by atoms with Crippen LogP contribution in [0.5, 0.6) is 5.75 Å². The second-order valence-electron chi connectivity index (χ2n) is 4.24. The molecule has 1 aromatic carbocycles. The SMILES string of the molecule is CCn1cc(N(C=O)Cc2cc(OC)ccc2F)cn1. The molecule has 0 atom stereocenters. The molecule has 5 nitrogen and oxygen atoms in total. The first kappa shape index (κ1) is 14.0. The van der Waals surface area contributed by atoms with Crippen molar-refractivity contribution in [2.24, 2.45) is 0 Å². The molecule has 20 heavy (non-hydrogen) atoms. The highest BCUT2D eigenvalue weighted by atomic mass is 19.1. The molecule has 0 aliphatic heterocycles. The minimum Gasteiger partial charge on any atom is -0.497 e. The summed E-state index contributed by atoms with van der Waals surface area (Å²) in [5.74, 6) is 0.178. The van der Waals surface area contributed by atoms with Gasteiger partial charge in [0.2, 0.25) is 6.41 Å². The maximum atomic E-state index is 13.8. The monoisotopic (exact) mass is 277 g/mol. The van der Waals surface area contributed by atoms with Crippen molar-refractivity contribution < 1.29 is 13.9 Å². The Morgan fingerprint density at radius 1 is 1.50 bits per heavy atom. The van der Waals surface area contributed by atoms with E-state index in [0.717, 1.165) is 0 Å². The van der Waals surface area contributed by atoms with Gasteiger partial charge in [-0.1, -0.05) is 0 Å². The number of rotatable bonds is 6. The van der Waals surface area contributed by atoms with Crippen molar-refractivity contribution in [1.82, 2.24) is 9.78 Å². The van der Waals surface area contributed by atoms with Gasteiger partial charge < -0.3 is 9.64 Å². The first-order valence-corrected chi connectivity index (χ1v) is 6.24. The average Bonchev–Trinajstić information content (AvgIpc) is 2.95. The van der Waals surface area contributed by atoms with E-state index in [-0.39, 0.29) is 12.4 Å². The van der Waals surface area contributed by atoms with Crippen LogP contribution < -0.4 is 9.64 Å². The summed E-state index contributed by atoms with van der Waals surface area (Å²) < 4.78 is 20.5. The van der Waals surface area contributed by atoms with Crippen LogP contribution in [0.2, 0.25) is 0 Å². The highest BCUT2D eigenvalue weighted by molar-refractivity contribution is 5.74. The van der Waals surface area contributed by atoms with Crippen LogP contribution in [0, 0.1) is 5.82 Å². The van der Waals surface area contributed by atoms with E-state index < -0.39 is 0 Å². The summed E-state index contributed by atoms with van der Waals surface area (Å²) in [5.41, 5.74) is 1.02. The van der Waals surface area contributed by atoms with Crippen molar-refractivity contribution in [2.45, 2.75) is 20.0 Å². The van der Waals surface area contributed by atoms with E-state index in [1.54, 1.807) is 29.2 Å². The maximum Gasteiger partial charge on any atom is 0.214 e. The fraction of sp³-hybridized carbons (Fsp3) is 0.286. The second kappa shape index (κ2) is 6.18. The Kier molecular flexibility index (Phi) is 4.34. The predicted octanol–water partition coefficient (Wildman–Crippen LogP) is 2.21. The third kappa shape index (κ3) is 2.96. The Morgan fingerprint density at radius 3 is 2.90 bits per heavy atom. The molecule has 0 aliphatic rings. The van der Waals surface area contributed by atoms with Crippen LogP contribution in [0.15, 0.2) is 30.6 Å². The van der Waals surface area contributed by atoms with Crippen LogP contribution in [-0.2, 0) is 17.9 Å². The number of ether oxygens (including phenoxy) is 1. The highest BCUT2D eigenvalue weighted by Crippen LogP contribution is 2.20. The van der Waals surface area contributed by atoms with Crippen molar-refractivity contribution in [3.8, 4) is 5.75 Å². The third-order valence-electron chi connectivity index (χ3n) is 3.00. The van der Waals surface area contributed by atoms with Gasteiger partial charge in [-0.25, -0.2) is 4.39 Å². The summed E-state index contributed by atoms with van der Waals surface area (Å²) >= 11 is 0. The van der Waals surface area contributed by atoms with E-state index in [2.05, 4.69) is 5.10 Å². The molecular formula is C14H16FN3O2. The van der Waals surface area contributed by atoms with E-state index in [9.17, 15) is 9.18 Å². The number of nitrogens with zero attached hydrogens (tertiary/aromatic N) is 3. The van der Waals surface area contributed by atoms with Crippen LogP contribution in [0.4, 0.5) is 10.1 Å². The molecule has 0 unspecified atom stereocenters. The second-order valence-corrected chi connectivity index (χ2v) is 4.24. The average molecular weight is 277 g/mol. The maximum absolute atomic E-state index is 13.8. The molecule has 2 rings (SSSR count). The summed E-state index contributed by atoms with van der Waals surface area (Å²) in [7, 11) is 1.51. The van der Waals surface area contributed by atoms with E-state index in [1.165, 1.54) is 18.1 Å². The number of hydrogen-bond acceptors (Lipinski definition) is 3. The van der Waals surface area contributed by atoms with Crippen molar-refractivity contribution >= 4 is 12.1 Å². The van der Waals surface area contributed by atoms with Crippen molar-refractivity contribution in [1.29, 1.82) is 0 Å². The largest absolute Gasteiger partial charge is 0.497 e. The Balaban J connectivity index is 2.23. The number of hydrogen-bond donors (Lipinski definition) is 0. The van der Waals surface area contributed by atoms with Gasteiger partial charge in [0.25, 0.3) is 0 Å². The normalized spacial score (nSPS) is 10.3. The van der Waals surface area contributed by atoms with Gasteiger partial charge in [-0.3, -0.25) is 9.48 Å². The molecule has 6 heteroatoms. The topological polar surface area (TPSA) is 47.4 Å². The number of aryl methyl sites for hydroxylation is 1. The van der Waals surface area contributed by atoms with Crippen molar-refractivity contribution in [2.75, 3.05) is 12.0 Å². The molecule has 1 aromatic heterocycles. The van der Waals surface area contributed by atoms with E-state index in [1.807, 2.05) is 6.92 Å². The summed E-state index contributed by atoms with van der Waals surface area (Å²) in [5, 5.41) is 4.10. The molecule has 0 bridgehead atoms. The lowest BCUT2D eigenvalue weighted by atomic mass is 10.2. The van der Waals surface area contributed by atoms with Gasteiger partial charge in [0.05, 0.1) is 25.5 Å². The molecule has 106 valence electrons. The Bertz CT molecular complexity index is 598. The molecule has 0 saturated carbocycles. The van der Waals surface area contributed by atoms with Crippen molar-refractivity contribution in [3.63, 3.8) is 0 Å². The number of amides is 1. The number of anilines is 1. The van der Waals surface area contributed by atoms with Crippen LogP contribution in [0.1, 0.15) is 12.5 Å². The fourth-order valence-corrected chi connectivity index (χ4v) is 1.85. The zero-order valence-corrected chi connectivity index (χ0v) is 11.4. The molecule has 0 fully saturated rings. The van der Waals surface area contributed by atoms with Crippen LogP contribution in [-0.4, -0.2) is 23.3 Å². The minimum atomic E-state index is -0.375. The van der Waals surface area contributed by atoms with Gasteiger partial charge >= 0.3 is 0 Å². The fourth-order valence-electron chi connectivity index (χ4n) is 1.85. The molecule has 0 spiro atoms. The zero-order valence-electron chi connectivity index (χ0n) is 11.4. The Labute approximate surface area is 116 Å². The number of benzene rings is 1. The number of carbonyl (C=O) groups is 1. The van der Waals surface area contributed by atoms with Gasteiger partial charge in [-0.2, -0.15) is 5.10 Å². The van der Waals surface area contributed by atoms with Gasteiger partial charge in [0.1, 0.15) is 11.6 Å². The lowest BCUT2D eigenvalue weighted by Gasteiger charge is -2.16. The summed E-state index contributed by atoms with van der Waals surface area (Å²) in [6.45, 7) is 2.78. The minimum absolute atomic E-state index is 0.127. The summed E-state index contributed by atoms with van der Waals surface area (Å²) in [4.78, 5) is 12.6. The molecule has 0 radical (unpaired) electrons. The molecule has 0 saturated heterocycles. The lowest BCUT2D eigenvalue weighted by molar-refractivity contribution is -0.107. The van der Waals surface area contributed by atoms with Gasteiger partial charge in [0, 0.05) is 18.3 Å². The molecule has 0 N–H and O–H groups in total. The molecule has 1 amide bonds. The first-order chi connectivity index (χ1) is 9.67. The smallest absolute Gasteiger partial charge is 0.214 e. The number of halogens is 1. The van der Waals surface area contributed by atoms with Gasteiger partial charge in [-0.05, 0) is 25.1 Å². The molecular weight excluding hydrogens is 261 g/mol. The standard InChI is InChI=1S/C14H16FN3O2/c1-3-18-9-12(7-16-18)17(10-19)8-11-6-13(20-2)4-5-14(11)15/h4-7,9-10H,3,8H2,1-2H3. The summed E-state index contributed by atoms with van der Waals surface area (Å²) in [6, 6.07) is 4.45. The number of aromatic nitrogens is 2. The quantitative estimate of drug-likeness (QED) is 0.761. The highest BCUT2D eigenvalue weighted by Gasteiger charge is 2.12. The van der Waals surface area contributed by atoms with Crippen molar-refractivity contribution in [3.05, 3.63) is 42.0 Å². The summed E-state index contributed by atoms with van der Waals surface area (Å²) in [6.07, 6.45) is 3.98.